The number of hydrogen-bond donors (Lipinski definition) is 2. The molecule has 0 aromatic carbocycles. The fraction of sp³-hybridized carbons (Fsp3) is 0.533. The van der Waals surface area contributed by atoms with Gasteiger partial charge in [0.05, 0.1) is 11.9 Å². The van der Waals surface area contributed by atoms with Crippen LogP contribution in [0.2, 0.25) is 0 Å². The molecule has 3 rings (SSSR count). The molecule has 2 aromatic heterocycles. The maximum Gasteiger partial charge on any atom is 0.263 e. The summed E-state index contributed by atoms with van der Waals surface area (Å²) in [6.45, 7) is 5.96. The minimum atomic E-state index is -0.0103. The van der Waals surface area contributed by atoms with Crippen LogP contribution in [0.4, 0.5) is 0 Å². The fourth-order valence-corrected chi connectivity index (χ4v) is 3.67. The Morgan fingerprint density at radius 2 is 2.21 bits per heavy atom. The number of carbonyl (C=O) groups excluding carboxylic acids is 1. The average Bonchev–Trinajstić information content (AvgIpc) is 3.07. The molecule has 1 aliphatic rings. The van der Waals surface area contributed by atoms with Gasteiger partial charge in [-0.15, -0.1) is 36.2 Å². The normalized spacial score (nSPS) is 20.0. The predicted octanol–water partition coefficient (Wildman–Crippen LogP) is 2.42. The van der Waals surface area contributed by atoms with E-state index in [0.717, 1.165) is 35.8 Å². The van der Waals surface area contributed by atoms with Gasteiger partial charge in [0.2, 0.25) is 0 Å². The lowest BCUT2D eigenvalue weighted by molar-refractivity contribution is 0.0917. The van der Waals surface area contributed by atoms with E-state index in [-0.39, 0.29) is 36.8 Å². The molecule has 9 heteroatoms. The highest BCUT2D eigenvalue weighted by molar-refractivity contribution is 7.17. The van der Waals surface area contributed by atoms with E-state index in [1.54, 1.807) is 10.9 Å². The molecule has 2 aromatic rings. The van der Waals surface area contributed by atoms with Crippen LogP contribution in [0, 0.1) is 12.8 Å². The molecule has 3 heterocycles. The van der Waals surface area contributed by atoms with Gasteiger partial charge in [-0.3, -0.25) is 9.48 Å². The quantitative estimate of drug-likeness (QED) is 0.842. The fourth-order valence-electron chi connectivity index (χ4n) is 2.72. The van der Waals surface area contributed by atoms with E-state index < -0.39 is 0 Å². The van der Waals surface area contributed by atoms with Crippen LogP contribution in [0.5, 0.6) is 0 Å². The number of carbonyl (C=O) groups is 1. The van der Waals surface area contributed by atoms with Crippen LogP contribution in [0.25, 0.3) is 10.6 Å². The van der Waals surface area contributed by atoms with Crippen molar-refractivity contribution in [2.75, 3.05) is 13.1 Å². The van der Waals surface area contributed by atoms with Crippen LogP contribution < -0.4 is 10.6 Å². The summed E-state index contributed by atoms with van der Waals surface area (Å²) >= 11 is 1.43. The minimum absolute atomic E-state index is 0. The molecule has 1 amide bonds. The highest BCUT2D eigenvalue weighted by Gasteiger charge is 2.25. The van der Waals surface area contributed by atoms with Gasteiger partial charge >= 0.3 is 0 Å². The third-order valence-corrected chi connectivity index (χ3v) is 5.26. The lowest BCUT2D eigenvalue weighted by atomic mass is 9.95. The van der Waals surface area contributed by atoms with Gasteiger partial charge in [0.1, 0.15) is 9.88 Å². The number of thiazole rings is 1. The van der Waals surface area contributed by atoms with Gasteiger partial charge in [0, 0.05) is 24.8 Å². The van der Waals surface area contributed by atoms with Gasteiger partial charge in [-0.05, 0) is 32.4 Å². The summed E-state index contributed by atoms with van der Waals surface area (Å²) in [6, 6.07) is 0.233. The molecule has 24 heavy (non-hydrogen) atoms. The maximum absolute atomic E-state index is 12.5. The molecule has 0 spiro atoms. The second-order valence-electron chi connectivity index (χ2n) is 5.89. The monoisotopic (exact) mass is 391 g/mol. The second kappa shape index (κ2) is 8.80. The first-order chi connectivity index (χ1) is 10.5. The molecule has 0 saturated carbocycles. The maximum atomic E-state index is 12.5. The Kier molecular flexibility index (Phi) is 7.66. The van der Waals surface area contributed by atoms with Gasteiger partial charge in [0.25, 0.3) is 5.91 Å². The highest BCUT2D eigenvalue weighted by Crippen LogP contribution is 2.27. The Morgan fingerprint density at radius 3 is 2.83 bits per heavy atom. The zero-order valence-electron chi connectivity index (χ0n) is 13.9. The zero-order chi connectivity index (χ0) is 15.7. The van der Waals surface area contributed by atoms with Gasteiger partial charge in [-0.1, -0.05) is 6.92 Å². The Hall–Kier alpha value is -1.15. The molecular formula is C15H23Cl2N5OS. The summed E-state index contributed by atoms with van der Waals surface area (Å²) in [5.74, 6) is 0.438. The summed E-state index contributed by atoms with van der Waals surface area (Å²) in [7, 11) is 1.87. The van der Waals surface area contributed by atoms with Crippen LogP contribution in [-0.4, -0.2) is 39.8 Å². The summed E-state index contributed by atoms with van der Waals surface area (Å²) in [5, 5.41) is 11.5. The second-order valence-corrected chi connectivity index (χ2v) is 6.89. The number of hydrogen-bond acceptors (Lipinski definition) is 5. The first kappa shape index (κ1) is 20.9. The van der Waals surface area contributed by atoms with Crippen molar-refractivity contribution in [2.24, 2.45) is 13.0 Å². The van der Waals surface area contributed by atoms with E-state index in [0.29, 0.717) is 10.8 Å². The van der Waals surface area contributed by atoms with Gasteiger partial charge in [0.15, 0.2) is 0 Å². The number of piperidine rings is 1. The largest absolute Gasteiger partial charge is 0.348 e. The Morgan fingerprint density at radius 1 is 1.46 bits per heavy atom. The minimum Gasteiger partial charge on any atom is -0.348 e. The van der Waals surface area contributed by atoms with Crippen molar-refractivity contribution in [3.05, 3.63) is 23.0 Å². The first-order valence-corrected chi connectivity index (χ1v) is 8.34. The SMILES string of the molecule is Cc1nc(-c2cnn(C)c2)sc1C(=O)NC1CCNCC1C.Cl.Cl. The average molecular weight is 392 g/mol. The van der Waals surface area contributed by atoms with Gasteiger partial charge in [-0.2, -0.15) is 5.10 Å². The third-order valence-electron chi connectivity index (χ3n) is 4.06. The molecular weight excluding hydrogens is 369 g/mol. The Labute approximate surface area is 158 Å². The molecule has 1 fully saturated rings. The van der Waals surface area contributed by atoms with Crippen molar-refractivity contribution in [3.63, 3.8) is 0 Å². The van der Waals surface area contributed by atoms with Gasteiger partial charge < -0.3 is 10.6 Å². The molecule has 1 aliphatic heterocycles. The summed E-state index contributed by atoms with van der Waals surface area (Å²) < 4.78 is 1.74. The molecule has 0 radical (unpaired) electrons. The van der Waals surface area contributed by atoms with Crippen molar-refractivity contribution < 1.29 is 4.79 Å². The smallest absolute Gasteiger partial charge is 0.263 e. The third kappa shape index (κ3) is 4.47. The van der Waals surface area contributed by atoms with Crippen LogP contribution in [0.15, 0.2) is 12.4 Å². The lowest BCUT2D eigenvalue weighted by Gasteiger charge is -2.30. The number of rotatable bonds is 3. The van der Waals surface area contributed by atoms with E-state index in [1.165, 1.54) is 11.3 Å². The zero-order valence-corrected chi connectivity index (χ0v) is 16.4. The molecule has 2 atom stereocenters. The van der Waals surface area contributed by atoms with E-state index in [1.807, 2.05) is 20.2 Å². The van der Waals surface area contributed by atoms with Crippen molar-refractivity contribution >= 4 is 42.1 Å². The number of amides is 1. The topological polar surface area (TPSA) is 71.8 Å². The summed E-state index contributed by atoms with van der Waals surface area (Å²) in [4.78, 5) is 17.8. The van der Waals surface area contributed by atoms with Gasteiger partial charge in [-0.25, -0.2) is 4.98 Å². The van der Waals surface area contributed by atoms with E-state index in [9.17, 15) is 4.79 Å². The van der Waals surface area contributed by atoms with Crippen LogP contribution >= 0.6 is 36.2 Å². The number of nitrogens with zero attached hydrogens (tertiary/aromatic N) is 3. The summed E-state index contributed by atoms with van der Waals surface area (Å²) in [5.41, 5.74) is 1.73. The number of aryl methyl sites for hydroxylation is 2. The molecule has 0 aliphatic carbocycles. The summed E-state index contributed by atoms with van der Waals surface area (Å²) in [6.07, 6.45) is 4.66. The molecule has 0 bridgehead atoms. The van der Waals surface area contributed by atoms with Crippen LogP contribution in [-0.2, 0) is 7.05 Å². The van der Waals surface area contributed by atoms with Crippen molar-refractivity contribution in [3.8, 4) is 10.6 Å². The Bertz CT molecular complexity index is 687. The molecule has 2 N–H and O–H groups in total. The van der Waals surface area contributed by atoms with E-state index in [2.05, 4.69) is 27.6 Å². The molecule has 2 unspecified atom stereocenters. The lowest BCUT2D eigenvalue weighted by Crippen LogP contribution is -2.48. The molecule has 1 saturated heterocycles. The molecule has 134 valence electrons. The van der Waals surface area contributed by atoms with Crippen molar-refractivity contribution in [1.82, 2.24) is 25.4 Å². The van der Waals surface area contributed by atoms with Crippen molar-refractivity contribution in [1.29, 1.82) is 0 Å². The van der Waals surface area contributed by atoms with Crippen LogP contribution in [0.1, 0.15) is 28.7 Å². The Balaban J connectivity index is 0.00000144. The van der Waals surface area contributed by atoms with Crippen LogP contribution in [0.3, 0.4) is 0 Å². The predicted molar refractivity (Wildman–Crippen MR) is 101 cm³/mol. The standard InChI is InChI=1S/C15H21N5OS.2ClH/c1-9-6-16-5-4-12(9)19-14(21)13-10(2)18-15(22-13)11-7-17-20(3)8-11;;/h7-9,12,16H,4-6H2,1-3H3,(H,19,21);2*1H. The number of aromatic nitrogens is 3. The number of halogens is 2. The molecule has 6 nitrogen and oxygen atoms in total. The first-order valence-electron chi connectivity index (χ1n) is 7.52. The van der Waals surface area contributed by atoms with E-state index in [4.69, 9.17) is 0 Å². The highest BCUT2D eigenvalue weighted by atomic mass is 35.5. The van der Waals surface area contributed by atoms with Crippen molar-refractivity contribution in [2.45, 2.75) is 26.3 Å². The van der Waals surface area contributed by atoms with E-state index >= 15 is 0 Å². The number of nitrogens with one attached hydrogen (secondary N) is 2.